The Kier molecular flexibility index (Phi) is 21.5. The molecule has 0 saturated carbocycles. The van der Waals surface area contributed by atoms with Crippen molar-refractivity contribution in [1.82, 2.24) is 0 Å². The van der Waals surface area contributed by atoms with Crippen molar-refractivity contribution < 1.29 is 24.0 Å². The SMILES string of the molecule is CCCCOC(OCC(C)CCC)(C(C)CCC)C(C)(OCCC(C)CC)OOCC(CC)CCCC. The Labute approximate surface area is 232 Å². The lowest BCUT2D eigenvalue weighted by atomic mass is 9.88. The van der Waals surface area contributed by atoms with Crippen LogP contribution in [0, 0.1) is 23.7 Å². The summed E-state index contributed by atoms with van der Waals surface area (Å²) in [5.41, 5.74) is 0. The van der Waals surface area contributed by atoms with Crippen LogP contribution >= 0.6 is 0 Å². The van der Waals surface area contributed by atoms with Crippen LogP contribution in [0.3, 0.4) is 0 Å². The van der Waals surface area contributed by atoms with E-state index in [2.05, 4.69) is 62.3 Å². The summed E-state index contributed by atoms with van der Waals surface area (Å²) in [5.74, 6) is -0.686. The Morgan fingerprint density at radius 2 is 1.27 bits per heavy atom. The van der Waals surface area contributed by atoms with Gasteiger partial charge in [0.2, 0.25) is 5.79 Å². The summed E-state index contributed by atoms with van der Waals surface area (Å²) < 4.78 is 20.3. The molecule has 0 aliphatic heterocycles. The van der Waals surface area contributed by atoms with Gasteiger partial charge in [0, 0.05) is 5.92 Å². The second kappa shape index (κ2) is 21.6. The molecule has 0 aliphatic carbocycles. The molecule has 0 heterocycles. The highest BCUT2D eigenvalue weighted by Gasteiger charge is 2.58. The third-order valence-corrected chi connectivity index (χ3v) is 7.93. The number of hydrogen-bond donors (Lipinski definition) is 0. The molecular formula is C32H66O5. The Hall–Kier alpha value is -0.200. The van der Waals surface area contributed by atoms with Crippen molar-refractivity contribution in [2.45, 2.75) is 158 Å². The molecule has 0 fully saturated rings. The number of hydrogen-bond acceptors (Lipinski definition) is 5. The van der Waals surface area contributed by atoms with E-state index in [0.29, 0.717) is 44.2 Å². The molecule has 0 rings (SSSR count). The highest BCUT2D eigenvalue weighted by atomic mass is 17.2. The van der Waals surface area contributed by atoms with Gasteiger partial charge < -0.3 is 14.2 Å². The molecule has 6 atom stereocenters. The quantitative estimate of drug-likeness (QED) is 0.0482. The molecule has 0 aromatic carbocycles. The molecule has 0 saturated heterocycles. The van der Waals surface area contributed by atoms with Gasteiger partial charge in [0.05, 0.1) is 26.4 Å². The van der Waals surface area contributed by atoms with Gasteiger partial charge in [-0.15, -0.1) is 0 Å². The molecule has 5 heteroatoms. The first-order valence-electron chi connectivity index (χ1n) is 15.9. The zero-order valence-electron chi connectivity index (χ0n) is 26.7. The molecule has 224 valence electrons. The van der Waals surface area contributed by atoms with E-state index in [-0.39, 0.29) is 5.92 Å². The smallest absolute Gasteiger partial charge is 0.253 e. The number of ether oxygens (including phenoxy) is 3. The van der Waals surface area contributed by atoms with Crippen molar-refractivity contribution >= 4 is 0 Å². The van der Waals surface area contributed by atoms with E-state index < -0.39 is 11.6 Å². The molecule has 5 nitrogen and oxygen atoms in total. The molecule has 0 amide bonds. The zero-order chi connectivity index (χ0) is 28.2. The first-order valence-corrected chi connectivity index (χ1v) is 15.9. The lowest BCUT2D eigenvalue weighted by molar-refractivity contribution is -0.510. The van der Waals surface area contributed by atoms with Crippen LogP contribution < -0.4 is 0 Å². The van der Waals surface area contributed by atoms with Crippen LogP contribution in [0.2, 0.25) is 0 Å². The lowest BCUT2D eigenvalue weighted by Crippen LogP contribution is -2.63. The van der Waals surface area contributed by atoms with Gasteiger partial charge in [-0.2, -0.15) is 4.89 Å². The average Bonchev–Trinajstić information content (AvgIpc) is 2.88. The van der Waals surface area contributed by atoms with Crippen molar-refractivity contribution in [1.29, 1.82) is 0 Å². The number of unbranched alkanes of at least 4 members (excludes halogenated alkanes) is 2. The van der Waals surface area contributed by atoms with Gasteiger partial charge >= 0.3 is 0 Å². The lowest BCUT2D eigenvalue weighted by Gasteiger charge is -2.49. The molecule has 0 aromatic heterocycles. The molecule has 37 heavy (non-hydrogen) atoms. The third kappa shape index (κ3) is 13.6. The minimum Gasteiger partial charge on any atom is -0.345 e. The van der Waals surface area contributed by atoms with Crippen LogP contribution in [-0.2, 0) is 24.0 Å². The van der Waals surface area contributed by atoms with Crippen molar-refractivity contribution in [3.8, 4) is 0 Å². The summed E-state index contributed by atoms with van der Waals surface area (Å²) in [6, 6.07) is 0. The average molecular weight is 531 g/mol. The van der Waals surface area contributed by atoms with Crippen molar-refractivity contribution in [2.75, 3.05) is 26.4 Å². The Balaban J connectivity index is 6.18. The van der Waals surface area contributed by atoms with Crippen LogP contribution in [0.15, 0.2) is 0 Å². The molecular weight excluding hydrogens is 464 g/mol. The largest absolute Gasteiger partial charge is 0.345 e. The third-order valence-electron chi connectivity index (χ3n) is 7.93. The highest BCUT2D eigenvalue weighted by molar-refractivity contribution is 4.91. The van der Waals surface area contributed by atoms with Gasteiger partial charge in [-0.1, -0.05) is 107 Å². The molecule has 0 spiro atoms. The molecule has 0 aromatic rings. The summed E-state index contributed by atoms with van der Waals surface area (Å²) >= 11 is 0. The predicted octanol–water partition coefficient (Wildman–Crippen LogP) is 9.72. The van der Waals surface area contributed by atoms with Gasteiger partial charge in [-0.05, 0) is 56.8 Å². The molecule has 0 N–H and O–H groups in total. The minimum absolute atomic E-state index is 0.0717. The van der Waals surface area contributed by atoms with E-state index in [0.717, 1.165) is 64.2 Å². The van der Waals surface area contributed by atoms with Gasteiger partial charge in [-0.3, -0.25) is 0 Å². The Morgan fingerprint density at radius 3 is 1.84 bits per heavy atom. The Morgan fingerprint density at radius 1 is 0.595 bits per heavy atom. The normalized spacial score (nSPS) is 18.6. The summed E-state index contributed by atoms with van der Waals surface area (Å²) in [6.07, 6.45) is 13.0. The monoisotopic (exact) mass is 530 g/mol. The van der Waals surface area contributed by atoms with Crippen LogP contribution in [0.1, 0.15) is 146 Å². The van der Waals surface area contributed by atoms with Gasteiger partial charge in [0.15, 0.2) is 0 Å². The predicted molar refractivity (Wildman–Crippen MR) is 156 cm³/mol. The molecule has 0 aliphatic rings. The van der Waals surface area contributed by atoms with E-state index in [1.165, 1.54) is 12.8 Å². The maximum absolute atomic E-state index is 6.85. The maximum atomic E-state index is 6.85. The fourth-order valence-electron chi connectivity index (χ4n) is 4.85. The van der Waals surface area contributed by atoms with Gasteiger partial charge in [-0.25, -0.2) is 4.89 Å². The summed E-state index contributed by atoms with van der Waals surface area (Å²) in [6.45, 7) is 24.4. The van der Waals surface area contributed by atoms with Crippen LogP contribution in [0.25, 0.3) is 0 Å². The number of rotatable bonds is 26. The van der Waals surface area contributed by atoms with Crippen LogP contribution in [0.4, 0.5) is 0 Å². The van der Waals surface area contributed by atoms with Crippen LogP contribution in [-0.4, -0.2) is 38.0 Å². The molecule has 0 radical (unpaired) electrons. The minimum atomic E-state index is -1.18. The first kappa shape index (κ1) is 36.8. The standard InChI is InChI=1S/C32H66O5/c1-11-17-21-30(16-6)26-36-37-31(10,33-24-22-27(7)15-5)32(29(9)20-14-4,34-23-18-12-2)35-25-28(8)19-13-3/h27-30H,11-26H2,1-10H3. The van der Waals surface area contributed by atoms with E-state index in [9.17, 15) is 0 Å². The second-order valence-corrected chi connectivity index (χ2v) is 11.6. The van der Waals surface area contributed by atoms with E-state index >= 15 is 0 Å². The first-order chi connectivity index (χ1) is 17.7. The van der Waals surface area contributed by atoms with E-state index in [4.69, 9.17) is 24.0 Å². The van der Waals surface area contributed by atoms with E-state index in [1.54, 1.807) is 0 Å². The van der Waals surface area contributed by atoms with Crippen LogP contribution in [0.5, 0.6) is 0 Å². The Bertz CT molecular complexity index is 515. The molecule has 6 unspecified atom stereocenters. The van der Waals surface area contributed by atoms with Crippen molar-refractivity contribution in [3.63, 3.8) is 0 Å². The second-order valence-electron chi connectivity index (χ2n) is 11.6. The van der Waals surface area contributed by atoms with Gasteiger partial charge in [0.25, 0.3) is 5.79 Å². The fraction of sp³-hybridized carbons (Fsp3) is 1.00. The van der Waals surface area contributed by atoms with E-state index in [1.807, 2.05) is 6.92 Å². The topological polar surface area (TPSA) is 46.2 Å². The van der Waals surface area contributed by atoms with Gasteiger partial charge in [0.1, 0.15) is 0 Å². The maximum Gasteiger partial charge on any atom is 0.253 e. The fourth-order valence-corrected chi connectivity index (χ4v) is 4.85. The highest BCUT2D eigenvalue weighted by Crippen LogP contribution is 2.42. The molecule has 0 bridgehead atoms. The summed E-state index contributed by atoms with van der Waals surface area (Å²) in [5, 5.41) is 0. The zero-order valence-corrected chi connectivity index (χ0v) is 26.7. The summed E-state index contributed by atoms with van der Waals surface area (Å²) in [4.78, 5) is 12.4. The van der Waals surface area contributed by atoms with Crippen molar-refractivity contribution in [2.24, 2.45) is 23.7 Å². The van der Waals surface area contributed by atoms with Crippen molar-refractivity contribution in [3.05, 3.63) is 0 Å². The summed E-state index contributed by atoms with van der Waals surface area (Å²) in [7, 11) is 0.